The van der Waals surface area contributed by atoms with E-state index in [1.165, 1.54) is 12.8 Å². The lowest BCUT2D eigenvalue weighted by atomic mass is 9.79. The summed E-state index contributed by atoms with van der Waals surface area (Å²) in [4.78, 5) is 9.10. The molecule has 2 saturated heterocycles. The molecule has 2 aromatic rings. The first-order valence-electron chi connectivity index (χ1n) is 9.34. The number of aliphatic hydroxyl groups is 1. The molecule has 5 heteroatoms. The maximum absolute atomic E-state index is 11.7. The van der Waals surface area contributed by atoms with Gasteiger partial charge in [0.25, 0.3) is 0 Å². The topological polar surface area (TPSA) is 63.4 Å². The minimum Gasteiger partial charge on any atom is -0.383 e. The van der Waals surface area contributed by atoms with Crippen LogP contribution < -0.4 is 4.90 Å². The zero-order valence-corrected chi connectivity index (χ0v) is 14.9. The standard InChI is InChI=1S/C21H24N4O/c22-15-17-8-10-23-20(14-17)25-13-9-21(26,18-6-2-1-3-7-18)19(16-25)24-11-4-5-12-24/h1-3,6-8,10,14,19,26H,4-5,9,11-13,16H2/t19-,21+/m1/s1. The van der Waals surface area contributed by atoms with E-state index in [0.717, 1.165) is 31.0 Å². The molecule has 0 unspecified atom stereocenters. The van der Waals surface area contributed by atoms with Gasteiger partial charge in [-0.1, -0.05) is 30.3 Å². The molecule has 134 valence electrons. The Kier molecular flexibility index (Phi) is 4.62. The smallest absolute Gasteiger partial charge is 0.129 e. The van der Waals surface area contributed by atoms with Crippen molar-refractivity contribution in [2.24, 2.45) is 0 Å². The van der Waals surface area contributed by atoms with E-state index in [2.05, 4.69) is 20.9 Å². The summed E-state index contributed by atoms with van der Waals surface area (Å²) in [6.45, 7) is 3.49. The van der Waals surface area contributed by atoms with Gasteiger partial charge in [-0.2, -0.15) is 5.26 Å². The molecule has 0 amide bonds. The maximum Gasteiger partial charge on any atom is 0.129 e. The van der Waals surface area contributed by atoms with Crippen LogP contribution in [0, 0.1) is 11.3 Å². The van der Waals surface area contributed by atoms with Crippen molar-refractivity contribution in [1.82, 2.24) is 9.88 Å². The quantitative estimate of drug-likeness (QED) is 0.923. The molecule has 0 saturated carbocycles. The van der Waals surface area contributed by atoms with Crippen molar-refractivity contribution in [3.63, 3.8) is 0 Å². The third-order valence-corrected chi connectivity index (χ3v) is 5.76. The molecule has 5 nitrogen and oxygen atoms in total. The largest absolute Gasteiger partial charge is 0.383 e. The maximum atomic E-state index is 11.7. The average Bonchev–Trinajstić information content (AvgIpc) is 3.23. The monoisotopic (exact) mass is 348 g/mol. The van der Waals surface area contributed by atoms with Crippen molar-refractivity contribution < 1.29 is 5.11 Å². The second-order valence-corrected chi connectivity index (χ2v) is 7.26. The average molecular weight is 348 g/mol. The fraction of sp³-hybridized carbons (Fsp3) is 0.429. The molecule has 2 aliphatic rings. The summed E-state index contributed by atoms with van der Waals surface area (Å²) < 4.78 is 0. The molecule has 0 bridgehead atoms. The van der Waals surface area contributed by atoms with Crippen molar-refractivity contribution >= 4 is 5.82 Å². The van der Waals surface area contributed by atoms with E-state index < -0.39 is 5.60 Å². The Hall–Kier alpha value is -2.42. The Morgan fingerprint density at radius 2 is 1.88 bits per heavy atom. The number of hydrogen-bond donors (Lipinski definition) is 1. The van der Waals surface area contributed by atoms with Crippen molar-refractivity contribution in [2.75, 3.05) is 31.1 Å². The molecule has 1 aromatic heterocycles. The van der Waals surface area contributed by atoms with Gasteiger partial charge in [-0.25, -0.2) is 4.98 Å². The normalized spacial score (nSPS) is 26.6. The Morgan fingerprint density at radius 1 is 1.12 bits per heavy atom. The predicted octanol–water partition coefficient (Wildman–Crippen LogP) is 2.52. The molecule has 26 heavy (non-hydrogen) atoms. The molecule has 1 aromatic carbocycles. The van der Waals surface area contributed by atoms with Gasteiger partial charge in [-0.05, 0) is 50.0 Å². The summed E-state index contributed by atoms with van der Waals surface area (Å²) in [6.07, 6.45) is 4.71. The third kappa shape index (κ3) is 3.07. The summed E-state index contributed by atoms with van der Waals surface area (Å²) >= 11 is 0. The Labute approximate surface area is 154 Å². The minimum absolute atomic E-state index is 0.0219. The van der Waals surface area contributed by atoms with Crippen LogP contribution in [-0.4, -0.2) is 47.2 Å². The van der Waals surface area contributed by atoms with Crippen LogP contribution in [0.15, 0.2) is 48.7 Å². The SMILES string of the molecule is N#Cc1ccnc(N2CC[C@](O)(c3ccccc3)[C@H](N3CCCC3)C2)c1. The van der Waals surface area contributed by atoms with Crippen LogP contribution in [0.5, 0.6) is 0 Å². The highest BCUT2D eigenvalue weighted by molar-refractivity contribution is 5.46. The number of benzene rings is 1. The van der Waals surface area contributed by atoms with E-state index in [0.29, 0.717) is 18.5 Å². The van der Waals surface area contributed by atoms with Crippen LogP contribution in [0.1, 0.15) is 30.4 Å². The number of aromatic nitrogens is 1. The first-order chi connectivity index (χ1) is 12.7. The summed E-state index contributed by atoms with van der Waals surface area (Å²) in [6, 6.07) is 15.8. The number of piperidine rings is 1. The molecular weight excluding hydrogens is 324 g/mol. The highest BCUT2D eigenvalue weighted by Gasteiger charge is 2.46. The van der Waals surface area contributed by atoms with Crippen LogP contribution in [0.3, 0.4) is 0 Å². The van der Waals surface area contributed by atoms with E-state index >= 15 is 0 Å². The Balaban J connectivity index is 1.66. The van der Waals surface area contributed by atoms with E-state index in [-0.39, 0.29) is 6.04 Å². The predicted molar refractivity (Wildman–Crippen MR) is 101 cm³/mol. The number of rotatable bonds is 3. The highest BCUT2D eigenvalue weighted by Crippen LogP contribution is 2.38. The van der Waals surface area contributed by atoms with E-state index in [1.54, 1.807) is 12.3 Å². The van der Waals surface area contributed by atoms with Crippen LogP contribution in [0.25, 0.3) is 0 Å². The van der Waals surface area contributed by atoms with Crippen LogP contribution in [0.2, 0.25) is 0 Å². The van der Waals surface area contributed by atoms with Gasteiger partial charge in [0, 0.05) is 19.3 Å². The number of hydrogen-bond acceptors (Lipinski definition) is 5. The second kappa shape index (κ2) is 7.06. The zero-order chi connectivity index (χ0) is 18.0. The van der Waals surface area contributed by atoms with Gasteiger partial charge in [0.1, 0.15) is 11.4 Å². The number of nitrogens with zero attached hydrogens (tertiary/aromatic N) is 4. The lowest BCUT2D eigenvalue weighted by Gasteiger charge is -2.49. The molecule has 3 heterocycles. The highest BCUT2D eigenvalue weighted by atomic mass is 16.3. The number of anilines is 1. The fourth-order valence-corrected chi connectivity index (χ4v) is 4.33. The number of likely N-dealkylation sites (tertiary alicyclic amines) is 1. The summed E-state index contributed by atoms with van der Waals surface area (Å²) in [5.41, 5.74) is 0.765. The van der Waals surface area contributed by atoms with Gasteiger partial charge in [0.2, 0.25) is 0 Å². The van der Waals surface area contributed by atoms with Gasteiger partial charge in [0.05, 0.1) is 17.7 Å². The van der Waals surface area contributed by atoms with Gasteiger partial charge >= 0.3 is 0 Å². The molecule has 0 radical (unpaired) electrons. The van der Waals surface area contributed by atoms with Crippen LogP contribution in [-0.2, 0) is 5.60 Å². The first kappa shape index (κ1) is 17.0. The minimum atomic E-state index is -0.852. The molecule has 1 N–H and O–H groups in total. The van der Waals surface area contributed by atoms with Crippen molar-refractivity contribution in [2.45, 2.75) is 30.9 Å². The zero-order valence-electron chi connectivity index (χ0n) is 14.9. The molecule has 2 fully saturated rings. The molecular formula is C21H24N4O. The third-order valence-electron chi connectivity index (χ3n) is 5.76. The molecule has 0 spiro atoms. The van der Waals surface area contributed by atoms with Crippen LogP contribution in [0.4, 0.5) is 5.82 Å². The van der Waals surface area contributed by atoms with Crippen LogP contribution >= 0.6 is 0 Å². The van der Waals surface area contributed by atoms with E-state index in [9.17, 15) is 10.4 Å². The molecule has 4 rings (SSSR count). The van der Waals surface area contributed by atoms with Crippen molar-refractivity contribution in [1.29, 1.82) is 5.26 Å². The lowest BCUT2D eigenvalue weighted by molar-refractivity contribution is -0.0603. The van der Waals surface area contributed by atoms with Gasteiger partial charge < -0.3 is 10.0 Å². The van der Waals surface area contributed by atoms with E-state index in [4.69, 9.17) is 0 Å². The number of nitriles is 1. The van der Waals surface area contributed by atoms with Gasteiger partial charge in [-0.3, -0.25) is 4.90 Å². The molecule has 0 aliphatic carbocycles. The number of pyridine rings is 1. The summed E-state index contributed by atoms with van der Waals surface area (Å²) in [5, 5.41) is 20.9. The van der Waals surface area contributed by atoms with Crippen molar-refractivity contribution in [3.05, 3.63) is 59.8 Å². The summed E-state index contributed by atoms with van der Waals surface area (Å²) in [7, 11) is 0. The van der Waals surface area contributed by atoms with Gasteiger partial charge in [-0.15, -0.1) is 0 Å². The van der Waals surface area contributed by atoms with E-state index in [1.807, 2.05) is 36.4 Å². The molecule has 2 atom stereocenters. The second-order valence-electron chi connectivity index (χ2n) is 7.26. The van der Waals surface area contributed by atoms with Gasteiger partial charge in [0.15, 0.2) is 0 Å². The first-order valence-corrected chi connectivity index (χ1v) is 9.34. The fourth-order valence-electron chi connectivity index (χ4n) is 4.33. The lowest BCUT2D eigenvalue weighted by Crippen LogP contribution is -2.60. The molecule has 2 aliphatic heterocycles. The summed E-state index contributed by atoms with van der Waals surface area (Å²) in [5.74, 6) is 0.823. The van der Waals surface area contributed by atoms with Crippen molar-refractivity contribution in [3.8, 4) is 6.07 Å². The Bertz CT molecular complexity index is 797. The Morgan fingerprint density at radius 3 is 2.62 bits per heavy atom.